The van der Waals surface area contributed by atoms with Crippen LogP contribution in [0.5, 0.6) is 11.6 Å². The molecule has 3 aromatic rings. The number of nitrogens with zero attached hydrogens (tertiary/aromatic N) is 3. The second kappa shape index (κ2) is 6.80. The van der Waals surface area contributed by atoms with Crippen LogP contribution in [0, 0.1) is 18.3 Å². The number of fused-ring (bicyclic) bond motifs is 1. The van der Waals surface area contributed by atoms with Crippen molar-refractivity contribution in [3.63, 3.8) is 0 Å². The molecule has 0 spiro atoms. The van der Waals surface area contributed by atoms with E-state index in [1.165, 1.54) is 4.52 Å². The highest BCUT2D eigenvalue weighted by Gasteiger charge is 2.30. The molecule has 2 amide bonds. The molecule has 2 N–H and O–H groups in total. The highest BCUT2D eigenvalue weighted by molar-refractivity contribution is 6.03. The number of aromatic nitrogens is 3. The van der Waals surface area contributed by atoms with Gasteiger partial charge in [0.15, 0.2) is 11.5 Å². The lowest BCUT2D eigenvalue weighted by molar-refractivity contribution is -0.117. The molecule has 0 saturated heterocycles. The monoisotopic (exact) mass is 361 g/mol. The fourth-order valence-corrected chi connectivity index (χ4v) is 2.48. The van der Waals surface area contributed by atoms with E-state index in [9.17, 15) is 9.59 Å². The Morgan fingerprint density at radius 2 is 2.07 bits per heavy atom. The molecule has 134 valence electrons. The number of rotatable bonds is 5. The van der Waals surface area contributed by atoms with Gasteiger partial charge in [-0.3, -0.25) is 9.59 Å². The molecule has 4 rings (SSSR count). The summed E-state index contributed by atoms with van der Waals surface area (Å²) in [4.78, 5) is 27.4. The van der Waals surface area contributed by atoms with Gasteiger partial charge in [-0.2, -0.15) is 0 Å². The standard InChI is InChI=1S/C19H15N5O3/c1-2-17(25)20-13-4-3-5-14(10-13)27-18-9-8-16-21-15(11-24(16)23-18)22-19(26)12-6-7-12/h1,3-5,8-12H,6-7H2,(H,20,25)(H,22,26). The lowest BCUT2D eigenvalue weighted by Gasteiger charge is -2.07. The maximum atomic E-state index is 11.8. The topological polar surface area (TPSA) is 97.6 Å². The first-order valence-electron chi connectivity index (χ1n) is 8.33. The first kappa shape index (κ1) is 16.6. The molecule has 8 heteroatoms. The molecule has 0 aliphatic heterocycles. The number of hydrogen-bond acceptors (Lipinski definition) is 5. The van der Waals surface area contributed by atoms with Crippen molar-refractivity contribution in [2.45, 2.75) is 12.8 Å². The maximum Gasteiger partial charge on any atom is 0.300 e. The van der Waals surface area contributed by atoms with E-state index in [2.05, 4.69) is 20.7 Å². The molecule has 27 heavy (non-hydrogen) atoms. The zero-order valence-electron chi connectivity index (χ0n) is 14.2. The van der Waals surface area contributed by atoms with E-state index in [0.717, 1.165) is 12.8 Å². The summed E-state index contributed by atoms with van der Waals surface area (Å²) in [5.41, 5.74) is 1.10. The number of carbonyl (C=O) groups excluding carboxylic acids is 2. The molecule has 1 aliphatic carbocycles. The Morgan fingerprint density at radius 1 is 1.22 bits per heavy atom. The van der Waals surface area contributed by atoms with Crippen molar-refractivity contribution in [3.05, 3.63) is 42.6 Å². The van der Waals surface area contributed by atoms with Gasteiger partial charge >= 0.3 is 0 Å². The number of anilines is 2. The van der Waals surface area contributed by atoms with Gasteiger partial charge in [-0.1, -0.05) is 6.07 Å². The zero-order chi connectivity index (χ0) is 18.8. The van der Waals surface area contributed by atoms with E-state index < -0.39 is 5.91 Å². The van der Waals surface area contributed by atoms with Gasteiger partial charge in [0.25, 0.3) is 5.91 Å². The van der Waals surface area contributed by atoms with Crippen LogP contribution in [0.2, 0.25) is 0 Å². The first-order valence-corrected chi connectivity index (χ1v) is 8.33. The van der Waals surface area contributed by atoms with Crippen LogP contribution < -0.4 is 15.4 Å². The average Bonchev–Trinajstić information content (AvgIpc) is 3.43. The quantitative estimate of drug-likeness (QED) is 0.680. The van der Waals surface area contributed by atoms with E-state index in [-0.39, 0.29) is 11.8 Å². The molecule has 2 aromatic heterocycles. The van der Waals surface area contributed by atoms with Gasteiger partial charge in [-0.25, -0.2) is 9.50 Å². The van der Waals surface area contributed by atoms with Crippen molar-refractivity contribution in [1.29, 1.82) is 0 Å². The van der Waals surface area contributed by atoms with E-state index in [4.69, 9.17) is 11.2 Å². The highest BCUT2D eigenvalue weighted by atomic mass is 16.5. The summed E-state index contributed by atoms with van der Waals surface area (Å²) in [6.07, 6.45) is 8.53. The predicted molar refractivity (Wildman–Crippen MR) is 98.3 cm³/mol. The van der Waals surface area contributed by atoms with Crippen molar-refractivity contribution < 1.29 is 14.3 Å². The fraction of sp³-hybridized carbons (Fsp3) is 0.158. The number of imidazole rings is 1. The second-order valence-corrected chi connectivity index (χ2v) is 6.09. The van der Waals surface area contributed by atoms with Crippen molar-refractivity contribution in [2.75, 3.05) is 10.6 Å². The Balaban J connectivity index is 1.50. The van der Waals surface area contributed by atoms with Crippen molar-refractivity contribution in [1.82, 2.24) is 14.6 Å². The number of hydrogen-bond donors (Lipinski definition) is 2. The minimum atomic E-state index is -0.536. The van der Waals surface area contributed by atoms with Gasteiger partial charge in [0.1, 0.15) is 5.75 Å². The largest absolute Gasteiger partial charge is 0.438 e. The summed E-state index contributed by atoms with van der Waals surface area (Å²) in [6, 6.07) is 10.2. The first-order chi connectivity index (χ1) is 13.1. The highest BCUT2D eigenvalue weighted by Crippen LogP contribution is 2.30. The molecule has 1 aliphatic rings. The van der Waals surface area contributed by atoms with Crippen LogP contribution in [0.3, 0.4) is 0 Å². The Kier molecular flexibility index (Phi) is 4.18. The Morgan fingerprint density at radius 3 is 2.85 bits per heavy atom. The molecule has 1 aromatic carbocycles. The molecule has 2 heterocycles. The summed E-state index contributed by atoms with van der Waals surface area (Å²) in [5.74, 6) is 2.81. The van der Waals surface area contributed by atoms with Crippen LogP contribution in [0.1, 0.15) is 12.8 Å². The van der Waals surface area contributed by atoms with Crippen LogP contribution in [0.25, 0.3) is 5.65 Å². The molecule has 1 fully saturated rings. The minimum absolute atomic E-state index is 0.0132. The second-order valence-electron chi connectivity index (χ2n) is 6.09. The van der Waals surface area contributed by atoms with Crippen molar-refractivity contribution in [3.8, 4) is 24.0 Å². The van der Waals surface area contributed by atoms with E-state index in [1.807, 2.05) is 5.92 Å². The fourth-order valence-electron chi connectivity index (χ4n) is 2.48. The number of terminal acetylenes is 1. The van der Waals surface area contributed by atoms with Gasteiger partial charge < -0.3 is 15.4 Å². The molecule has 0 bridgehead atoms. The number of amides is 2. The van der Waals surface area contributed by atoms with Crippen LogP contribution in [0.4, 0.5) is 11.5 Å². The predicted octanol–water partition coefficient (Wildman–Crippen LogP) is 2.44. The van der Waals surface area contributed by atoms with Crippen LogP contribution in [0.15, 0.2) is 42.6 Å². The summed E-state index contributed by atoms with van der Waals surface area (Å²) in [6.45, 7) is 0. The number of ether oxygens (including phenoxy) is 1. The zero-order valence-corrected chi connectivity index (χ0v) is 14.2. The van der Waals surface area contributed by atoms with Crippen LogP contribution in [-0.4, -0.2) is 26.4 Å². The molecular weight excluding hydrogens is 346 g/mol. The normalized spacial score (nSPS) is 13.0. The summed E-state index contributed by atoms with van der Waals surface area (Å²) >= 11 is 0. The minimum Gasteiger partial charge on any atom is -0.438 e. The Bertz CT molecular complexity index is 1080. The summed E-state index contributed by atoms with van der Waals surface area (Å²) in [5, 5.41) is 9.66. The number of benzene rings is 1. The number of carbonyl (C=O) groups is 2. The smallest absolute Gasteiger partial charge is 0.300 e. The average molecular weight is 361 g/mol. The number of nitrogens with one attached hydrogen (secondary N) is 2. The Hall–Kier alpha value is -3.86. The van der Waals surface area contributed by atoms with Gasteiger partial charge in [-0.15, -0.1) is 11.5 Å². The van der Waals surface area contributed by atoms with E-state index >= 15 is 0 Å². The molecule has 0 atom stereocenters. The van der Waals surface area contributed by atoms with Crippen molar-refractivity contribution >= 4 is 29.0 Å². The Labute approximate surface area is 154 Å². The van der Waals surface area contributed by atoms with Gasteiger partial charge in [-0.05, 0) is 37.0 Å². The molecule has 0 radical (unpaired) electrons. The van der Waals surface area contributed by atoms with Crippen LogP contribution in [-0.2, 0) is 9.59 Å². The van der Waals surface area contributed by atoms with E-state index in [1.54, 1.807) is 42.6 Å². The molecule has 0 unspecified atom stereocenters. The van der Waals surface area contributed by atoms with Gasteiger partial charge in [0, 0.05) is 23.7 Å². The van der Waals surface area contributed by atoms with Crippen LogP contribution >= 0.6 is 0 Å². The summed E-state index contributed by atoms with van der Waals surface area (Å²) < 4.78 is 7.26. The van der Waals surface area contributed by atoms with E-state index in [0.29, 0.717) is 28.8 Å². The maximum absolute atomic E-state index is 11.8. The SMILES string of the molecule is C#CC(=O)Nc1cccc(Oc2ccc3nc(NC(=O)C4CC4)cn3n2)c1. The van der Waals surface area contributed by atoms with Gasteiger partial charge in [0.2, 0.25) is 11.8 Å². The lowest BCUT2D eigenvalue weighted by atomic mass is 10.3. The molecular formula is C19H15N5O3. The third kappa shape index (κ3) is 3.88. The molecule has 8 nitrogen and oxygen atoms in total. The lowest BCUT2D eigenvalue weighted by Crippen LogP contribution is -2.13. The van der Waals surface area contributed by atoms with Crippen molar-refractivity contribution in [2.24, 2.45) is 5.92 Å². The van der Waals surface area contributed by atoms with Gasteiger partial charge in [0.05, 0.1) is 6.20 Å². The third-order valence-electron chi connectivity index (χ3n) is 3.94. The third-order valence-corrected chi connectivity index (χ3v) is 3.94. The molecule has 1 saturated carbocycles. The summed E-state index contributed by atoms with van der Waals surface area (Å²) in [7, 11) is 0.